The second kappa shape index (κ2) is 12.9. The van der Waals surface area contributed by atoms with Crippen LogP contribution in [0.2, 0.25) is 0 Å². The van der Waals surface area contributed by atoms with Gasteiger partial charge in [-0.15, -0.1) is 0 Å². The third kappa shape index (κ3) is 6.44. The maximum atomic E-state index is 13.7. The summed E-state index contributed by atoms with van der Waals surface area (Å²) in [5.41, 5.74) is 2.64. The Morgan fingerprint density at radius 2 is 1.40 bits per heavy atom. The van der Waals surface area contributed by atoms with E-state index >= 15 is 0 Å². The first-order valence-corrected chi connectivity index (χ1v) is 14.3. The van der Waals surface area contributed by atoms with Crippen molar-refractivity contribution in [1.29, 1.82) is 0 Å². The number of anilines is 3. The fraction of sp³-hybridized carbons (Fsp3) is 0.0909. The van der Waals surface area contributed by atoms with E-state index in [2.05, 4.69) is 5.32 Å². The average molecular weight is 687 g/mol. The Kier molecular flexibility index (Phi) is 8.86. The molecular formula is C33H26IN3O6. The van der Waals surface area contributed by atoms with Crippen molar-refractivity contribution in [3.8, 4) is 11.5 Å². The molecule has 5 amide bonds. The number of imide groups is 2. The number of amides is 5. The van der Waals surface area contributed by atoms with Crippen molar-refractivity contribution >= 4 is 69.5 Å². The van der Waals surface area contributed by atoms with Crippen LogP contribution in [0.15, 0.2) is 103 Å². The Morgan fingerprint density at radius 1 is 0.837 bits per heavy atom. The van der Waals surface area contributed by atoms with E-state index in [0.717, 1.165) is 15.4 Å². The maximum absolute atomic E-state index is 13.7. The highest BCUT2D eigenvalue weighted by atomic mass is 127. The number of hydrogen-bond acceptors (Lipinski definition) is 6. The minimum Gasteiger partial charge on any atom is -0.493 e. The lowest BCUT2D eigenvalue weighted by atomic mass is 10.0. The summed E-state index contributed by atoms with van der Waals surface area (Å²) in [4.78, 5) is 55.3. The number of benzene rings is 4. The van der Waals surface area contributed by atoms with Gasteiger partial charge < -0.3 is 14.8 Å². The smallest absolute Gasteiger partial charge is 0.343 e. The summed E-state index contributed by atoms with van der Waals surface area (Å²) in [6.07, 6.45) is 1.42. The number of nitrogens with zero attached hydrogens (tertiary/aromatic N) is 2. The maximum Gasteiger partial charge on any atom is 0.343 e. The summed E-state index contributed by atoms with van der Waals surface area (Å²) in [6, 6.07) is 26.8. The van der Waals surface area contributed by atoms with Crippen molar-refractivity contribution in [2.45, 2.75) is 6.92 Å². The van der Waals surface area contributed by atoms with E-state index in [1.807, 2.05) is 41.6 Å². The van der Waals surface area contributed by atoms with Gasteiger partial charge in [-0.2, -0.15) is 0 Å². The molecule has 0 aromatic heterocycles. The molecule has 0 saturated carbocycles. The van der Waals surface area contributed by atoms with Gasteiger partial charge in [0.05, 0.1) is 22.1 Å². The van der Waals surface area contributed by atoms with Crippen LogP contribution in [0.3, 0.4) is 0 Å². The molecule has 5 rings (SSSR count). The third-order valence-electron chi connectivity index (χ3n) is 6.52. The number of nitrogens with one attached hydrogen (secondary N) is 1. The topological polar surface area (TPSA) is 105 Å². The van der Waals surface area contributed by atoms with Crippen LogP contribution in [-0.4, -0.2) is 37.5 Å². The zero-order chi connectivity index (χ0) is 30.5. The normalized spacial score (nSPS) is 13.2. The summed E-state index contributed by atoms with van der Waals surface area (Å²) in [7, 11) is 1.45. The Balaban J connectivity index is 1.45. The Morgan fingerprint density at radius 3 is 1.93 bits per heavy atom. The molecule has 0 spiro atoms. The summed E-state index contributed by atoms with van der Waals surface area (Å²) < 4.78 is 11.9. The number of halogens is 1. The predicted molar refractivity (Wildman–Crippen MR) is 172 cm³/mol. The number of aryl methyl sites for hydroxylation is 1. The highest BCUT2D eigenvalue weighted by Crippen LogP contribution is 2.36. The molecule has 9 nitrogen and oxygen atoms in total. The molecule has 1 fully saturated rings. The Bertz CT molecular complexity index is 1660. The molecule has 1 saturated heterocycles. The number of rotatable bonds is 8. The summed E-state index contributed by atoms with van der Waals surface area (Å²) in [5, 5.41) is 2.78. The van der Waals surface area contributed by atoms with Crippen LogP contribution in [0.1, 0.15) is 11.1 Å². The quantitative estimate of drug-likeness (QED) is 0.134. The van der Waals surface area contributed by atoms with E-state index in [1.54, 1.807) is 84.9 Å². The van der Waals surface area contributed by atoms with Crippen molar-refractivity contribution in [1.82, 2.24) is 0 Å². The standard InChI is InChI=1S/C33H26IN3O6/c1-21-13-15-23(16-14-21)35-29(38)20-43-30-27(34)18-22(19-28(30)42-2)17-26-31(39)36(24-9-5-3-6-10-24)33(41)37(32(26)40)25-11-7-4-8-12-25/h3-19H,20H2,1-2H3,(H,35,38). The van der Waals surface area contributed by atoms with Gasteiger partial charge in [-0.25, -0.2) is 14.6 Å². The molecule has 216 valence electrons. The van der Waals surface area contributed by atoms with Crippen LogP contribution in [0.4, 0.5) is 21.9 Å². The minimum absolute atomic E-state index is 0.212. The molecule has 43 heavy (non-hydrogen) atoms. The number of urea groups is 1. The van der Waals surface area contributed by atoms with Crippen LogP contribution >= 0.6 is 22.6 Å². The number of methoxy groups -OCH3 is 1. The van der Waals surface area contributed by atoms with Crippen LogP contribution < -0.4 is 24.6 Å². The fourth-order valence-electron chi connectivity index (χ4n) is 4.44. The molecule has 0 bridgehead atoms. The Hall–Kier alpha value is -4.97. The van der Waals surface area contributed by atoms with Crippen molar-refractivity contribution < 1.29 is 28.7 Å². The van der Waals surface area contributed by atoms with Gasteiger partial charge in [0.15, 0.2) is 18.1 Å². The molecule has 0 atom stereocenters. The zero-order valence-corrected chi connectivity index (χ0v) is 25.4. The highest BCUT2D eigenvalue weighted by molar-refractivity contribution is 14.1. The zero-order valence-electron chi connectivity index (χ0n) is 23.2. The summed E-state index contributed by atoms with van der Waals surface area (Å²) >= 11 is 2.03. The first-order valence-electron chi connectivity index (χ1n) is 13.2. The van der Waals surface area contributed by atoms with E-state index < -0.39 is 17.8 Å². The molecule has 4 aromatic carbocycles. The predicted octanol–water partition coefficient (Wildman–Crippen LogP) is 6.21. The van der Waals surface area contributed by atoms with Gasteiger partial charge in [-0.05, 0) is 89.7 Å². The first-order chi connectivity index (χ1) is 20.8. The largest absolute Gasteiger partial charge is 0.493 e. The number of para-hydroxylation sites is 2. The lowest BCUT2D eigenvalue weighted by molar-refractivity contribution is -0.121. The van der Waals surface area contributed by atoms with Gasteiger partial charge in [-0.1, -0.05) is 54.1 Å². The van der Waals surface area contributed by atoms with E-state index in [4.69, 9.17) is 9.47 Å². The van der Waals surface area contributed by atoms with E-state index in [0.29, 0.717) is 37.7 Å². The molecule has 4 aromatic rings. The molecule has 0 unspecified atom stereocenters. The molecule has 1 aliphatic heterocycles. The monoisotopic (exact) mass is 687 g/mol. The average Bonchev–Trinajstić information content (AvgIpc) is 3.01. The Labute approximate surface area is 261 Å². The molecule has 1 aliphatic rings. The van der Waals surface area contributed by atoms with Crippen LogP contribution in [0.25, 0.3) is 6.08 Å². The number of ether oxygens (including phenoxy) is 2. The van der Waals surface area contributed by atoms with Crippen molar-refractivity contribution in [3.63, 3.8) is 0 Å². The van der Waals surface area contributed by atoms with E-state index in [-0.39, 0.29) is 18.1 Å². The highest BCUT2D eigenvalue weighted by Gasteiger charge is 2.43. The molecular weight excluding hydrogens is 661 g/mol. The van der Waals surface area contributed by atoms with E-state index in [1.165, 1.54) is 13.2 Å². The second-order valence-electron chi connectivity index (χ2n) is 9.53. The van der Waals surface area contributed by atoms with Gasteiger partial charge in [0.2, 0.25) is 0 Å². The lowest BCUT2D eigenvalue weighted by Crippen LogP contribution is -2.57. The van der Waals surface area contributed by atoms with Gasteiger partial charge >= 0.3 is 6.03 Å². The van der Waals surface area contributed by atoms with Crippen molar-refractivity contribution in [2.75, 3.05) is 28.8 Å². The SMILES string of the molecule is COc1cc(C=C2C(=O)N(c3ccccc3)C(=O)N(c3ccccc3)C2=O)cc(I)c1OCC(=O)Nc1ccc(C)cc1. The molecule has 0 radical (unpaired) electrons. The number of barbiturate groups is 1. The van der Waals surface area contributed by atoms with Gasteiger partial charge in [0.25, 0.3) is 17.7 Å². The first kappa shape index (κ1) is 29.5. The van der Waals surface area contributed by atoms with Gasteiger partial charge in [-0.3, -0.25) is 14.4 Å². The van der Waals surface area contributed by atoms with Crippen LogP contribution in [0.5, 0.6) is 11.5 Å². The molecule has 0 aliphatic carbocycles. The van der Waals surface area contributed by atoms with Crippen LogP contribution in [0, 0.1) is 10.5 Å². The third-order valence-corrected chi connectivity index (χ3v) is 7.33. The van der Waals surface area contributed by atoms with Crippen molar-refractivity contribution in [3.05, 3.63) is 117 Å². The van der Waals surface area contributed by atoms with Gasteiger partial charge in [0.1, 0.15) is 5.57 Å². The van der Waals surface area contributed by atoms with Crippen molar-refractivity contribution in [2.24, 2.45) is 0 Å². The lowest BCUT2D eigenvalue weighted by Gasteiger charge is -2.34. The van der Waals surface area contributed by atoms with E-state index in [9.17, 15) is 19.2 Å². The minimum atomic E-state index is -0.774. The molecule has 1 heterocycles. The fourth-order valence-corrected chi connectivity index (χ4v) is 5.22. The molecule has 1 N–H and O–H groups in total. The summed E-state index contributed by atoms with van der Waals surface area (Å²) in [6.45, 7) is 1.69. The molecule has 10 heteroatoms. The number of carbonyl (C=O) groups excluding carboxylic acids is 4. The summed E-state index contributed by atoms with van der Waals surface area (Å²) in [5.74, 6) is -1.23. The number of carbonyl (C=O) groups is 4. The second-order valence-corrected chi connectivity index (χ2v) is 10.7. The van der Waals surface area contributed by atoms with Gasteiger partial charge in [0, 0.05) is 5.69 Å². The van der Waals surface area contributed by atoms with Crippen LogP contribution in [-0.2, 0) is 14.4 Å². The number of hydrogen-bond donors (Lipinski definition) is 1.